The van der Waals surface area contributed by atoms with E-state index >= 15 is 0 Å². The predicted octanol–water partition coefficient (Wildman–Crippen LogP) is 4.49. The third-order valence-electron chi connectivity index (χ3n) is 3.11. The molecule has 0 aromatic heterocycles. The lowest BCUT2D eigenvalue weighted by molar-refractivity contribution is 0.0939. The molecule has 0 fully saturated rings. The third kappa shape index (κ3) is 3.90. The summed E-state index contributed by atoms with van der Waals surface area (Å²) in [6, 6.07) is 12.0. The van der Waals surface area contributed by atoms with Gasteiger partial charge in [0, 0.05) is 15.6 Å². The smallest absolute Gasteiger partial charge is 0.251 e. The molecule has 1 atom stereocenters. The summed E-state index contributed by atoms with van der Waals surface area (Å²) < 4.78 is 5.11. The molecule has 0 aliphatic heterocycles. The molecular formula is C16H15Cl2NO2. The average Bonchev–Trinajstić information content (AvgIpc) is 2.47. The van der Waals surface area contributed by atoms with Gasteiger partial charge >= 0.3 is 0 Å². The van der Waals surface area contributed by atoms with Crippen molar-refractivity contribution in [1.82, 2.24) is 5.32 Å². The number of methoxy groups -OCH3 is 1. The summed E-state index contributed by atoms with van der Waals surface area (Å²) in [5.74, 6) is 0.451. The van der Waals surface area contributed by atoms with Crippen molar-refractivity contribution in [2.24, 2.45) is 0 Å². The van der Waals surface area contributed by atoms with E-state index in [4.69, 9.17) is 27.9 Å². The minimum Gasteiger partial charge on any atom is -0.497 e. The number of carbonyl (C=O) groups excluding carboxylic acids is 1. The summed E-state index contributed by atoms with van der Waals surface area (Å²) in [6.07, 6.45) is 0. The zero-order valence-corrected chi connectivity index (χ0v) is 13.2. The van der Waals surface area contributed by atoms with E-state index in [0.717, 1.165) is 5.56 Å². The Labute approximate surface area is 133 Å². The molecule has 0 saturated carbocycles. The zero-order chi connectivity index (χ0) is 15.4. The second-order valence-electron chi connectivity index (χ2n) is 4.59. The molecule has 0 bridgehead atoms. The van der Waals surface area contributed by atoms with Crippen molar-refractivity contribution in [3.05, 3.63) is 63.6 Å². The van der Waals surface area contributed by atoms with E-state index < -0.39 is 0 Å². The summed E-state index contributed by atoms with van der Waals surface area (Å²) in [5, 5.41) is 4.00. The lowest BCUT2D eigenvalue weighted by atomic mass is 10.1. The van der Waals surface area contributed by atoms with Gasteiger partial charge in [0.15, 0.2) is 0 Å². The van der Waals surface area contributed by atoms with Gasteiger partial charge in [0.2, 0.25) is 0 Å². The largest absolute Gasteiger partial charge is 0.497 e. The normalized spacial score (nSPS) is 11.8. The van der Waals surface area contributed by atoms with Crippen LogP contribution in [0.3, 0.4) is 0 Å². The first kappa shape index (κ1) is 15.7. The van der Waals surface area contributed by atoms with E-state index in [9.17, 15) is 4.79 Å². The number of rotatable bonds is 4. The van der Waals surface area contributed by atoms with E-state index in [1.807, 2.05) is 6.92 Å². The first-order valence-corrected chi connectivity index (χ1v) is 7.16. The maximum Gasteiger partial charge on any atom is 0.251 e. The van der Waals surface area contributed by atoms with E-state index in [0.29, 0.717) is 21.4 Å². The van der Waals surface area contributed by atoms with Gasteiger partial charge in [-0.1, -0.05) is 35.3 Å². The van der Waals surface area contributed by atoms with Crippen molar-refractivity contribution < 1.29 is 9.53 Å². The fourth-order valence-corrected chi connectivity index (χ4v) is 2.55. The fraction of sp³-hybridized carbons (Fsp3) is 0.188. The Bertz CT molecular complexity index is 658. The molecule has 0 saturated heterocycles. The van der Waals surface area contributed by atoms with Crippen molar-refractivity contribution in [3.63, 3.8) is 0 Å². The van der Waals surface area contributed by atoms with Crippen molar-refractivity contribution in [2.45, 2.75) is 13.0 Å². The van der Waals surface area contributed by atoms with Crippen LogP contribution in [0.5, 0.6) is 5.75 Å². The molecule has 2 aromatic carbocycles. The van der Waals surface area contributed by atoms with Gasteiger partial charge in [0.05, 0.1) is 13.2 Å². The Morgan fingerprint density at radius 2 is 1.95 bits per heavy atom. The quantitative estimate of drug-likeness (QED) is 0.900. The van der Waals surface area contributed by atoms with Crippen LogP contribution in [-0.2, 0) is 0 Å². The molecule has 0 aliphatic carbocycles. The van der Waals surface area contributed by atoms with Crippen LogP contribution in [0, 0.1) is 0 Å². The molecule has 0 aliphatic rings. The van der Waals surface area contributed by atoms with Gasteiger partial charge in [0.1, 0.15) is 5.75 Å². The molecule has 0 unspecified atom stereocenters. The third-order valence-corrected chi connectivity index (χ3v) is 3.67. The second-order valence-corrected chi connectivity index (χ2v) is 5.44. The number of amides is 1. The van der Waals surface area contributed by atoms with E-state index in [2.05, 4.69) is 5.32 Å². The topological polar surface area (TPSA) is 38.3 Å². The average molecular weight is 324 g/mol. The summed E-state index contributed by atoms with van der Waals surface area (Å²) >= 11 is 12.0. The van der Waals surface area contributed by atoms with Crippen molar-refractivity contribution >= 4 is 29.1 Å². The van der Waals surface area contributed by atoms with Crippen LogP contribution >= 0.6 is 23.2 Å². The first-order valence-electron chi connectivity index (χ1n) is 6.41. The highest BCUT2D eigenvalue weighted by Crippen LogP contribution is 2.26. The van der Waals surface area contributed by atoms with Gasteiger partial charge in [0.25, 0.3) is 5.91 Å². The molecule has 0 heterocycles. The summed E-state index contributed by atoms with van der Waals surface area (Å²) in [6.45, 7) is 1.87. The Hall–Kier alpha value is -1.71. The van der Waals surface area contributed by atoms with E-state index in [1.54, 1.807) is 49.6 Å². The van der Waals surface area contributed by atoms with Crippen LogP contribution in [0.15, 0.2) is 42.5 Å². The van der Waals surface area contributed by atoms with Crippen molar-refractivity contribution in [3.8, 4) is 5.75 Å². The fourth-order valence-electron chi connectivity index (χ4n) is 1.97. The molecule has 2 rings (SSSR count). The highest BCUT2D eigenvalue weighted by atomic mass is 35.5. The standard InChI is InChI=1S/C16H15Cl2NO2/c1-10(14-7-6-12(17)9-15(14)18)19-16(20)11-4-3-5-13(8-11)21-2/h3-10H,1-2H3,(H,19,20)/t10-/m0/s1. The van der Waals surface area contributed by atoms with Crippen LogP contribution in [-0.4, -0.2) is 13.0 Å². The number of hydrogen-bond donors (Lipinski definition) is 1. The number of carbonyl (C=O) groups is 1. The maximum absolute atomic E-state index is 12.2. The van der Waals surface area contributed by atoms with Crippen LogP contribution < -0.4 is 10.1 Å². The maximum atomic E-state index is 12.2. The molecule has 5 heteroatoms. The van der Waals surface area contributed by atoms with Gasteiger partial charge in [-0.2, -0.15) is 0 Å². The van der Waals surface area contributed by atoms with Crippen LogP contribution in [0.2, 0.25) is 10.0 Å². The van der Waals surface area contributed by atoms with Crippen LogP contribution in [0.1, 0.15) is 28.9 Å². The number of ether oxygens (including phenoxy) is 1. The minimum atomic E-state index is -0.228. The molecule has 110 valence electrons. The van der Waals surface area contributed by atoms with E-state index in [1.165, 1.54) is 0 Å². The Kier molecular flexibility index (Phi) is 5.10. The monoisotopic (exact) mass is 323 g/mol. The molecular weight excluding hydrogens is 309 g/mol. The number of benzene rings is 2. The van der Waals surface area contributed by atoms with Gasteiger partial charge < -0.3 is 10.1 Å². The number of hydrogen-bond acceptors (Lipinski definition) is 2. The minimum absolute atomic E-state index is 0.188. The van der Waals surface area contributed by atoms with Gasteiger partial charge in [-0.05, 0) is 42.8 Å². The van der Waals surface area contributed by atoms with E-state index in [-0.39, 0.29) is 11.9 Å². The lowest BCUT2D eigenvalue weighted by Crippen LogP contribution is -2.26. The predicted molar refractivity (Wildman–Crippen MR) is 85.3 cm³/mol. The molecule has 0 radical (unpaired) electrons. The molecule has 0 spiro atoms. The van der Waals surface area contributed by atoms with Gasteiger partial charge in [-0.3, -0.25) is 4.79 Å². The first-order chi connectivity index (χ1) is 10.0. The summed E-state index contributed by atoms with van der Waals surface area (Å²) in [4.78, 5) is 12.2. The molecule has 21 heavy (non-hydrogen) atoms. The SMILES string of the molecule is COc1cccc(C(=O)N[C@@H](C)c2ccc(Cl)cc2Cl)c1. The Morgan fingerprint density at radius 1 is 1.19 bits per heavy atom. The Morgan fingerprint density at radius 3 is 2.62 bits per heavy atom. The molecule has 1 N–H and O–H groups in total. The van der Waals surface area contributed by atoms with Crippen LogP contribution in [0.25, 0.3) is 0 Å². The highest BCUT2D eigenvalue weighted by molar-refractivity contribution is 6.35. The zero-order valence-electron chi connectivity index (χ0n) is 11.7. The molecule has 3 nitrogen and oxygen atoms in total. The van der Waals surface area contributed by atoms with Crippen molar-refractivity contribution in [1.29, 1.82) is 0 Å². The summed E-state index contributed by atoms with van der Waals surface area (Å²) in [5.41, 5.74) is 1.35. The second kappa shape index (κ2) is 6.83. The van der Waals surface area contributed by atoms with Crippen LogP contribution in [0.4, 0.5) is 0 Å². The van der Waals surface area contributed by atoms with Gasteiger partial charge in [-0.25, -0.2) is 0 Å². The lowest BCUT2D eigenvalue weighted by Gasteiger charge is -2.16. The Balaban J connectivity index is 2.14. The van der Waals surface area contributed by atoms with Gasteiger partial charge in [-0.15, -0.1) is 0 Å². The number of halogens is 2. The highest BCUT2D eigenvalue weighted by Gasteiger charge is 2.14. The number of nitrogens with one attached hydrogen (secondary N) is 1. The van der Waals surface area contributed by atoms with Crippen molar-refractivity contribution in [2.75, 3.05) is 7.11 Å². The molecule has 2 aromatic rings. The molecule has 1 amide bonds. The summed E-state index contributed by atoms with van der Waals surface area (Å²) in [7, 11) is 1.56.